The second-order valence-electron chi connectivity index (χ2n) is 5.64. The van der Waals surface area contributed by atoms with Gasteiger partial charge < -0.3 is 14.7 Å². The molecule has 1 N–H and O–H groups in total. The van der Waals surface area contributed by atoms with Gasteiger partial charge in [0, 0.05) is 25.5 Å². The average Bonchev–Trinajstić information content (AvgIpc) is 2.88. The van der Waals surface area contributed by atoms with Crippen LogP contribution in [-0.2, 0) is 7.05 Å². The lowest BCUT2D eigenvalue weighted by atomic mass is 10.2. The highest BCUT2D eigenvalue weighted by Crippen LogP contribution is 2.24. The van der Waals surface area contributed by atoms with E-state index in [4.69, 9.17) is 5.21 Å². The van der Waals surface area contributed by atoms with Gasteiger partial charge in [-0.25, -0.2) is 4.98 Å². The minimum atomic E-state index is -0.403. The first kappa shape index (κ1) is 14.6. The highest BCUT2D eigenvalue weighted by Gasteiger charge is 2.15. The van der Waals surface area contributed by atoms with E-state index >= 15 is 0 Å². The molecule has 6 nitrogen and oxygen atoms in total. The van der Waals surface area contributed by atoms with E-state index in [2.05, 4.69) is 15.0 Å². The lowest BCUT2D eigenvalue weighted by Gasteiger charge is -2.21. The van der Waals surface area contributed by atoms with Crippen LogP contribution in [0, 0.1) is 0 Å². The van der Waals surface area contributed by atoms with E-state index in [1.165, 1.54) is 17.4 Å². The smallest absolute Gasteiger partial charge is 0.299 e. The molecule has 2 aromatic rings. The van der Waals surface area contributed by atoms with Gasteiger partial charge in [-0.1, -0.05) is 30.1 Å². The molecule has 0 amide bonds. The molecule has 1 aromatic carbocycles. The van der Waals surface area contributed by atoms with E-state index < -0.39 is 5.56 Å². The number of aromatic nitrogens is 2. The zero-order valence-electron chi connectivity index (χ0n) is 12.7. The molecule has 2 heterocycles. The SMILES string of the molecule is Cn1c(=O)c(=NO)nc(N2CCCCCC2)c2ccccc21. The Bertz CT molecular complexity index is 805. The van der Waals surface area contributed by atoms with Crippen LogP contribution >= 0.6 is 0 Å². The molecule has 1 saturated heterocycles. The van der Waals surface area contributed by atoms with Gasteiger partial charge in [0.05, 0.1) is 5.52 Å². The first-order valence-corrected chi connectivity index (χ1v) is 7.65. The Hall–Kier alpha value is -2.37. The first-order chi connectivity index (χ1) is 10.7. The summed E-state index contributed by atoms with van der Waals surface area (Å²) in [6.45, 7) is 1.81. The van der Waals surface area contributed by atoms with E-state index in [0.717, 1.165) is 42.7 Å². The van der Waals surface area contributed by atoms with Gasteiger partial charge in [0.2, 0.25) is 0 Å². The van der Waals surface area contributed by atoms with E-state index in [0.29, 0.717) is 0 Å². The lowest BCUT2D eigenvalue weighted by Crippen LogP contribution is -2.34. The Morgan fingerprint density at radius 2 is 1.82 bits per heavy atom. The lowest BCUT2D eigenvalue weighted by molar-refractivity contribution is 0.297. The topological polar surface area (TPSA) is 70.7 Å². The Kier molecular flexibility index (Phi) is 4.09. The fraction of sp³-hybridized carbons (Fsp3) is 0.438. The fourth-order valence-corrected chi connectivity index (χ4v) is 3.01. The standard InChI is InChI=1S/C16H20N4O2/c1-19-13-9-5-4-8-12(13)15(17-14(18-22)16(19)21)20-10-6-2-3-7-11-20/h4-5,8-9,22H,2-3,6-7,10-11H2,1H3. The number of fused-ring (bicyclic) bond motifs is 1. The summed E-state index contributed by atoms with van der Waals surface area (Å²) in [4.78, 5) is 18.9. The van der Waals surface area contributed by atoms with E-state index in [-0.39, 0.29) is 5.49 Å². The van der Waals surface area contributed by atoms with Crippen molar-refractivity contribution in [1.29, 1.82) is 0 Å². The zero-order valence-corrected chi connectivity index (χ0v) is 12.7. The predicted octanol–water partition coefficient (Wildman–Crippen LogP) is 1.60. The van der Waals surface area contributed by atoms with Crippen molar-refractivity contribution in [3.8, 4) is 0 Å². The van der Waals surface area contributed by atoms with Gasteiger partial charge in [-0.2, -0.15) is 0 Å². The van der Waals surface area contributed by atoms with Crippen molar-refractivity contribution in [1.82, 2.24) is 9.55 Å². The van der Waals surface area contributed by atoms with Crippen molar-refractivity contribution in [2.24, 2.45) is 12.2 Å². The maximum Gasteiger partial charge on any atom is 0.299 e. The number of aryl methyl sites for hydroxylation is 1. The molecule has 3 rings (SSSR count). The molecule has 1 aromatic heterocycles. The van der Waals surface area contributed by atoms with Gasteiger partial charge in [0.25, 0.3) is 11.0 Å². The number of benzene rings is 1. The van der Waals surface area contributed by atoms with Gasteiger partial charge in [-0.3, -0.25) is 4.79 Å². The summed E-state index contributed by atoms with van der Waals surface area (Å²) in [6.07, 6.45) is 4.64. The zero-order chi connectivity index (χ0) is 15.5. The Morgan fingerprint density at radius 1 is 1.14 bits per heavy atom. The van der Waals surface area contributed by atoms with E-state index in [1.54, 1.807) is 7.05 Å². The minimum absolute atomic E-state index is 0.169. The molecule has 6 heteroatoms. The fourth-order valence-electron chi connectivity index (χ4n) is 3.01. The Morgan fingerprint density at radius 3 is 2.50 bits per heavy atom. The molecular formula is C16H20N4O2. The van der Waals surface area contributed by atoms with Crippen molar-refractivity contribution in [3.63, 3.8) is 0 Å². The summed E-state index contributed by atoms with van der Waals surface area (Å²) in [7, 11) is 1.67. The van der Waals surface area contributed by atoms with Crippen LogP contribution in [0.5, 0.6) is 0 Å². The molecule has 0 saturated carbocycles. The third-order valence-electron chi connectivity index (χ3n) is 4.21. The van der Waals surface area contributed by atoms with Gasteiger partial charge in [-0.15, -0.1) is 0 Å². The van der Waals surface area contributed by atoms with Gasteiger partial charge in [0.1, 0.15) is 5.82 Å². The van der Waals surface area contributed by atoms with Crippen molar-refractivity contribution >= 4 is 16.7 Å². The molecule has 1 aliphatic rings. The van der Waals surface area contributed by atoms with Gasteiger partial charge in [0.15, 0.2) is 0 Å². The summed E-state index contributed by atoms with van der Waals surface area (Å²) < 4.78 is 1.48. The maximum absolute atomic E-state index is 12.3. The molecule has 1 aliphatic heterocycles. The van der Waals surface area contributed by atoms with Gasteiger partial charge in [-0.05, 0) is 25.0 Å². The number of hydrogen-bond donors (Lipinski definition) is 1. The van der Waals surface area contributed by atoms with Crippen LogP contribution in [-0.4, -0.2) is 27.8 Å². The molecular weight excluding hydrogens is 280 g/mol. The van der Waals surface area contributed by atoms with Crippen LogP contribution in [0.3, 0.4) is 0 Å². The van der Waals surface area contributed by atoms with Crippen molar-refractivity contribution < 1.29 is 5.21 Å². The molecule has 0 spiro atoms. The van der Waals surface area contributed by atoms with Crippen molar-refractivity contribution in [2.75, 3.05) is 18.0 Å². The van der Waals surface area contributed by atoms with E-state index in [1.807, 2.05) is 24.3 Å². The molecule has 0 aliphatic carbocycles. The number of anilines is 1. The quantitative estimate of drug-likeness (QED) is 0.641. The Labute approximate surface area is 128 Å². The van der Waals surface area contributed by atoms with Crippen LogP contribution in [0.1, 0.15) is 25.7 Å². The second kappa shape index (κ2) is 6.17. The molecule has 0 bridgehead atoms. The number of para-hydroxylation sites is 1. The maximum atomic E-state index is 12.3. The predicted molar refractivity (Wildman–Crippen MR) is 85.0 cm³/mol. The highest BCUT2D eigenvalue weighted by atomic mass is 16.4. The van der Waals surface area contributed by atoms with Crippen molar-refractivity contribution in [3.05, 3.63) is 40.1 Å². The summed E-state index contributed by atoms with van der Waals surface area (Å²) >= 11 is 0. The molecule has 1 fully saturated rings. The van der Waals surface area contributed by atoms with Crippen LogP contribution in [0.4, 0.5) is 5.82 Å². The van der Waals surface area contributed by atoms with Crippen LogP contribution in [0.2, 0.25) is 0 Å². The normalized spacial score (nSPS) is 16.8. The van der Waals surface area contributed by atoms with E-state index in [9.17, 15) is 4.79 Å². The van der Waals surface area contributed by atoms with Crippen LogP contribution < -0.4 is 15.9 Å². The largest absolute Gasteiger partial charge is 0.409 e. The van der Waals surface area contributed by atoms with Crippen LogP contribution in [0.25, 0.3) is 10.9 Å². The summed E-state index contributed by atoms with van der Waals surface area (Å²) in [5.74, 6) is 0.725. The second-order valence-corrected chi connectivity index (χ2v) is 5.64. The first-order valence-electron chi connectivity index (χ1n) is 7.65. The monoisotopic (exact) mass is 300 g/mol. The minimum Gasteiger partial charge on any atom is -0.409 e. The molecule has 0 atom stereocenters. The van der Waals surface area contributed by atoms with Crippen LogP contribution in [0.15, 0.2) is 34.2 Å². The number of nitrogens with zero attached hydrogens (tertiary/aromatic N) is 4. The average molecular weight is 300 g/mol. The summed E-state index contributed by atoms with van der Waals surface area (Å²) in [5.41, 5.74) is 0.215. The molecule has 22 heavy (non-hydrogen) atoms. The third-order valence-corrected chi connectivity index (χ3v) is 4.21. The molecule has 116 valence electrons. The molecule has 0 radical (unpaired) electrons. The molecule has 0 unspecified atom stereocenters. The highest BCUT2D eigenvalue weighted by molar-refractivity contribution is 5.89. The summed E-state index contributed by atoms with van der Waals surface area (Å²) in [6, 6.07) is 7.68. The third kappa shape index (κ3) is 2.56. The summed E-state index contributed by atoms with van der Waals surface area (Å²) in [5, 5.41) is 13.2. The Balaban J connectivity index is 2.36. The van der Waals surface area contributed by atoms with Gasteiger partial charge >= 0.3 is 0 Å². The number of hydrogen-bond acceptors (Lipinski definition) is 5. The number of rotatable bonds is 1. The van der Waals surface area contributed by atoms with Crippen molar-refractivity contribution in [2.45, 2.75) is 25.7 Å².